The van der Waals surface area contributed by atoms with Gasteiger partial charge in [0.15, 0.2) is 0 Å². The van der Waals surface area contributed by atoms with Gasteiger partial charge in [-0.2, -0.15) is 4.31 Å². The molecule has 0 saturated carbocycles. The Hall–Kier alpha value is -3.43. The Balaban J connectivity index is 1.28. The molecule has 2 atom stereocenters. The third kappa shape index (κ3) is 7.26. The molecule has 212 valence electrons. The molecule has 4 aromatic rings. The number of hydrogen-bond acceptors (Lipinski definition) is 5. The van der Waals surface area contributed by atoms with Crippen molar-refractivity contribution in [2.24, 2.45) is 0 Å². The number of sulfonamides is 1. The van der Waals surface area contributed by atoms with Crippen molar-refractivity contribution in [3.8, 4) is 11.1 Å². The molecule has 0 radical (unpaired) electrons. The SMILES string of the molecule is CN(CC[C@H](NC(=O)[C@@H]1SCCN1S(=O)(=O)c1ccc(-c2ccccc2)cc1)c1ccccc1)Cc1ccccc1. The number of carbonyl (C=O) groups excluding carboxylic acids is 1. The van der Waals surface area contributed by atoms with Crippen LogP contribution in [0.4, 0.5) is 0 Å². The predicted molar refractivity (Wildman–Crippen MR) is 167 cm³/mol. The maximum Gasteiger partial charge on any atom is 0.249 e. The van der Waals surface area contributed by atoms with Crippen LogP contribution < -0.4 is 5.32 Å². The van der Waals surface area contributed by atoms with Crippen LogP contribution in [-0.4, -0.2) is 54.8 Å². The number of amides is 1. The molecule has 0 bridgehead atoms. The van der Waals surface area contributed by atoms with E-state index in [1.165, 1.54) is 21.6 Å². The number of nitrogens with one attached hydrogen (secondary N) is 1. The third-order valence-corrected chi connectivity index (χ3v) is 10.5. The van der Waals surface area contributed by atoms with Crippen LogP contribution in [0.1, 0.15) is 23.6 Å². The van der Waals surface area contributed by atoms with Crippen LogP contribution in [0.15, 0.2) is 120 Å². The van der Waals surface area contributed by atoms with Gasteiger partial charge in [0, 0.05) is 25.4 Å². The summed E-state index contributed by atoms with van der Waals surface area (Å²) in [7, 11) is -1.78. The molecule has 1 amide bonds. The summed E-state index contributed by atoms with van der Waals surface area (Å²) in [4.78, 5) is 16.1. The number of hydrogen-bond donors (Lipinski definition) is 1. The first-order valence-electron chi connectivity index (χ1n) is 13.8. The Bertz CT molecular complexity index is 1520. The van der Waals surface area contributed by atoms with E-state index in [9.17, 15) is 13.2 Å². The molecule has 0 aromatic heterocycles. The molecule has 41 heavy (non-hydrogen) atoms. The standard InChI is InChI=1S/C33H35N3O3S2/c1-35(25-26-11-5-2-6-12-26)22-21-31(29-15-9-4-10-16-29)34-32(37)33-36(23-24-40-33)41(38,39)30-19-17-28(18-20-30)27-13-7-3-8-14-27/h2-20,31,33H,21-25H2,1H3,(H,34,37)/t31-,33-/m0/s1. The van der Waals surface area contributed by atoms with Gasteiger partial charge in [-0.05, 0) is 47.9 Å². The third-order valence-electron chi connectivity index (χ3n) is 7.25. The van der Waals surface area contributed by atoms with E-state index in [1.807, 2.05) is 91.0 Å². The lowest BCUT2D eigenvalue weighted by Gasteiger charge is -2.27. The molecular weight excluding hydrogens is 551 g/mol. The van der Waals surface area contributed by atoms with Crippen molar-refractivity contribution in [3.63, 3.8) is 0 Å². The molecule has 1 aliphatic rings. The number of nitrogens with zero attached hydrogens (tertiary/aromatic N) is 2. The molecule has 5 rings (SSSR count). The van der Waals surface area contributed by atoms with Crippen molar-refractivity contribution in [1.29, 1.82) is 0 Å². The van der Waals surface area contributed by atoms with E-state index in [4.69, 9.17) is 0 Å². The molecule has 0 spiro atoms. The first-order chi connectivity index (χ1) is 19.9. The maximum atomic E-state index is 13.7. The zero-order valence-corrected chi connectivity index (χ0v) is 24.7. The fraction of sp³-hybridized carbons (Fsp3) is 0.242. The number of thioether (sulfide) groups is 1. The van der Waals surface area contributed by atoms with Crippen molar-refractivity contribution in [2.75, 3.05) is 25.9 Å². The maximum absolute atomic E-state index is 13.7. The van der Waals surface area contributed by atoms with Gasteiger partial charge in [-0.15, -0.1) is 11.8 Å². The van der Waals surface area contributed by atoms with Crippen LogP contribution in [0, 0.1) is 0 Å². The van der Waals surface area contributed by atoms with E-state index in [2.05, 4.69) is 29.4 Å². The summed E-state index contributed by atoms with van der Waals surface area (Å²) in [6, 6.07) is 36.7. The lowest BCUT2D eigenvalue weighted by atomic mass is 10.0. The second-order valence-corrected chi connectivity index (χ2v) is 13.3. The monoisotopic (exact) mass is 585 g/mol. The van der Waals surface area contributed by atoms with Gasteiger partial charge in [0.25, 0.3) is 0 Å². The summed E-state index contributed by atoms with van der Waals surface area (Å²) in [6.45, 7) is 1.87. The molecule has 1 saturated heterocycles. The lowest BCUT2D eigenvalue weighted by Crippen LogP contribution is -2.46. The molecule has 8 heteroatoms. The number of benzene rings is 4. The highest BCUT2D eigenvalue weighted by Gasteiger charge is 2.40. The molecule has 1 N–H and O–H groups in total. The molecule has 4 aromatic carbocycles. The van der Waals surface area contributed by atoms with Crippen molar-refractivity contribution in [3.05, 3.63) is 126 Å². The Morgan fingerprint density at radius 1 is 0.878 bits per heavy atom. The molecule has 6 nitrogen and oxygen atoms in total. The summed E-state index contributed by atoms with van der Waals surface area (Å²) >= 11 is 1.37. The van der Waals surface area contributed by atoms with Gasteiger partial charge in [0.05, 0.1) is 10.9 Å². The first kappa shape index (κ1) is 29.1. The molecular formula is C33H35N3O3S2. The fourth-order valence-corrected chi connectivity index (χ4v) is 8.15. The Morgan fingerprint density at radius 2 is 1.46 bits per heavy atom. The highest BCUT2D eigenvalue weighted by Crippen LogP contribution is 2.32. The lowest BCUT2D eigenvalue weighted by molar-refractivity contribution is -0.123. The average Bonchev–Trinajstić information content (AvgIpc) is 3.52. The van der Waals surface area contributed by atoms with Gasteiger partial charge in [-0.1, -0.05) is 103 Å². The largest absolute Gasteiger partial charge is 0.347 e. The average molecular weight is 586 g/mol. The fourth-order valence-electron chi connectivity index (χ4n) is 5.07. The zero-order chi connectivity index (χ0) is 28.7. The van der Waals surface area contributed by atoms with Gasteiger partial charge in [0.2, 0.25) is 15.9 Å². The van der Waals surface area contributed by atoms with Gasteiger partial charge in [-0.3, -0.25) is 4.79 Å². The normalized spacial score (nSPS) is 16.5. The Morgan fingerprint density at radius 3 is 2.12 bits per heavy atom. The van der Waals surface area contributed by atoms with Crippen LogP contribution in [0.2, 0.25) is 0 Å². The summed E-state index contributed by atoms with van der Waals surface area (Å²) < 4.78 is 28.7. The van der Waals surface area contributed by atoms with Crippen molar-refractivity contribution in [2.45, 2.75) is 29.3 Å². The van der Waals surface area contributed by atoms with Crippen LogP contribution in [0.3, 0.4) is 0 Å². The Kier molecular flexibility index (Phi) is 9.57. The van der Waals surface area contributed by atoms with Crippen LogP contribution >= 0.6 is 11.8 Å². The van der Waals surface area contributed by atoms with E-state index < -0.39 is 15.4 Å². The Labute approximate surface area is 247 Å². The van der Waals surface area contributed by atoms with Gasteiger partial charge in [-0.25, -0.2) is 8.42 Å². The topological polar surface area (TPSA) is 69.7 Å². The summed E-state index contributed by atoms with van der Waals surface area (Å²) in [5.41, 5.74) is 4.20. The van der Waals surface area contributed by atoms with Gasteiger partial charge in [0.1, 0.15) is 5.37 Å². The summed E-state index contributed by atoms with van der Waals surface area (Å²) in [5, 5.41) is 2.37. The van der Waals surface area contributed by atoms with Crippen LogP contribution in [0.5, 0.6) is 0 Å². The highest BCUT2D eigenvalue weighted by molar-refractivity contribution is 8.02. The quantitative estimate of drug-likeness (QED) is 0.241. The van der Waals surface area contributed by atoms with E-state index >= 15 is 0 Å². The van der Waals surface area contributed by atoms with Crippen LogP contribution in [0.25, 0.3) is 11.1 Å². The minimum absolute atomic E-state index is 0.194. The van der Waals surface area contributed by atoms with Crippen molar-refractivity contribution in [1.82, 2.24) is 14.5 Å². The van der Waals surface area contributed by atoms with E-state index in [1.54, 1.807) is 12.1 Å². The minimum atomic E-state index is -3.85. The highest BCUT2D eigenvalue weighted by atomic mass is 32.2. The van der Waals surface area contributed by atoms with Gasteiger partial charge < -0.3 is 10.2 Å². The zero-order valence-electron chi connectivity index (χ0n) is 23.1. The van der Waals surface area contributed by atoms with Crippen molar-refractivity contribution < 1.29 is 13.2 Å². The second-order valence-electron chi connectivity index (χ2n) is 10.2. The van der Waals surface area contributed by atoms with E-state index in [-0.39, 0.29) is 16.8 Å². The van der Waals surface area contributed by atoms with E-state index in [0.717, 1.165) is 29.8 Å². The summed E-state index contributed by atoms with van der Waals surface area (Å²) in [6.07, 6.45) is 0.699. The first-order valence-corrected chi connectivity index (χ1v) is 16.3. The van der Waals surface area contributed by atoms with Crippen molar-refractivity contribution >= 4 is 27.7 Å². The molecule has 0 aliphatic carbocycles. The second kappa shape index (κ2) is 13.5. The smallest absolute Gasteiger partial charge is 0.249 e. The molecule has 1 fully saturated rings. The molecule has 1 heterocycles. The number of carbonyl (C=O) groups is 1. The summed E-state index contributed by atoms with van der Waals surface area (Å²) in [5.74, 6) is 0.284. The number of rotatable bonds is 11. The van der Waals surface area contributed by atoms with E-state index in [0.29, 0.717) is 18.7 Å². The predicted octanol–water partition coefficient (Wildman–Crippen LogP) is 5.80. The van der Waals surface area contributed by atoms with Crippen LogP contribution in [-0.2, 0) is 21.4 Å². The molecule has 1 aliphatic heterocycles. The van der Waals surface area contributed by atoms with Gasteiger partial charge >= 0.3 is 0 Å². The molecule has 0 unspecified atom stereocenters. The minimum Gasteiger partial charge on any atom is -0.347 e.